The van der Waals surface area contributed by atoms with Gasteiger partial charge in [0.2, 0.25) is 0 Å². The molecule has 8 nitrogen and oxygen atoms in total. The van der Waals surface area contributed by atoms with Crippen molar-refractivity contribution < 1.29 is 9.47 Å². The SMILES string of the molecule is COCCOc1nc(N)c2nc([Se])n(Cc3ccc(CN)cc3)c2n1. The van der Waals surface area contributed by atoms with Gasteiger partial charge in [-0.05, 0) is 0 Å². The number of anilines is 1. The molecule has 0 saturated heterocycles. The maximum atomic E-state index is 6.01. The Morgan fingerprint density at radius 2 is 1.80 bits per heavy atom. The van der Waals surface area contributed by atoms with Gasteiger partial charge >= 0.3 is 153 Å². The predicted octanol–water partition coefficient (Wildman–Crippen LogP) is -0.265. The average molecular weight is 406 g/mol. The van der Waals surface area contributed by atoms with E-state index in [1.807, 2.05) is 28.8 Å². The normalized spacial score (nSPS) is 11.1. The number of fused-ring (bicyclic) bond motifs is 1. The molecule has 9 heteroatoms. The van der Waals surface area contributed by atoms with E-state index in [-0.39, 0.29) is 11.8 Å². The third-order valence-corrected chi connectivity index (χ3v) is 4.34. The molecule has 0 amide bonds. The van der Waals surface area contributed by atoms with Gasteiger partial charge in [-0.25, -0.2) is 0 Å². The van der Waals surface area contributed by atoms with Gasteiger partial charge in [-0.3, -0.25) is 0 Å². The fourth-order valence-electron chi connectivity index (χ4n) is 2.37. The van der Waals surface area contributed by atoms with Crippen LogP contribution in [-0.4, -0.2) is 55.9 Å². The fourth-order valence-corrected chi connectivity index (χ4v) is 2.88. The van der Waals surface area contributed by atoms with Crippen molar-refractivity contribution in [2.24, 2.45) is 5.73 Å². The van der Waals surface area contributed by atoms with Crippen LogP contribution in [-0.2, 0) is 17.8 Å². The van der Waals surface area contributed by atoms with Gasteiger partial charge in [-0.2, -0.15) is 0 Å². The van der Waals surface area contributed by atoms with Gasteiger partial charge in [0.05, 0.1) is 0 Å². The van der Waals surface area contributed by atoms with Gasteiger partial charge in [-0.1, -0.05) is 0 Å². The summed E-state index contributed by atoms with van der Waals surface area (Å²) in [6.07, 6.45) is 0. The summed E-state index contributed by atoms with van der Waals surface area (Å²) in [5, 5.41) is 0. The molecule has 4 N–H and O–H groups in total. The van der Waals surface area contributed by atoms with Gasteiger partial charge in [0.25, 0.3) is 0 Å². The minimum absolute atomic E-state index is 0.210. The van der Waals surface area contributed by atoms with Crippen LogP contribution in [0, 0.1) is 0 Å². The van der Waals surface area contributed by atoms with Crippen molar-refractivity contribution in [1.82, 2.24) is 19.5 Å². The Bertz CT molecular complexity index is 865. The number of hydrogen-bond acceptors (Lipinski definition) is 7. The molecule has 3 aromatic rings. The van der Waals surface area contributed by atoms with Gasteiger partial charge in [0, 0.05) is 0 Å². The first-order chi connectivity index (χ1) is 12.1. The van der Waals surface area contributed by atoms with E-state index in [2.05, 4.69) is 31.0 Å². The molecule has 0 aliphatic rings. The summed E-state index contributed by atoms with van der Waals surface area (Å²) in [5.74, 6) is 0.283. The molecule has 0 aliphatic carbocycles. The van der Waals surface area contributed by atoms with Crippen LogP contribution in [0.5, 0.6) is 6.01 Å². The number of nitrogen functional groups attached to an aromatic ring is 1. The van der Waals surface area contributed by atoms with Crippen molar-refractivity contribution in [1.29, 1.82) is 0 Å². The Kier molecular flexibility index (Phi) is 5.50. The van der Waals surface area contributed by atoms with Gasteiger partial charge in [0.15, 0.2) is 0 Å². The first-order valence-corrected chi connectivity index (χ1v) is 8.58. The average Bonchev–Trinajstić information content (AvgIpc) is 2.93. The molecule has 3 rings (SSSR count). The minimum atomic E-state index is 0.210. The molecule has 25 heavy (non-hydrogen) atoms. The van der Waals surface area contributed by atoms with E-state index >= 15 is 0 Å². The van der Waals surface area contributed by atoms with E-state index in [1.54, 1.807) is 7.11 Å². The fraction of sp³-hybridized carbons (Fsp3) is 0.312. The van der Waals surface area contributed by atoms with E-state index in [1.165, 1.54) is 0 Å². The molecule has 0 atom stereocenters. The van der Waals surface area contributed by atoms with Crippen LogP contribution in [0.2, 0.25) is 0 Å². The van der Waals surface area contributed by atoms with Gasteiger partial charge in [0.1, 0.15) is 0 Å². The van der Waals surface area contributed by atoms with Crippen LogP contribution in [0.4, 0.5) is 5.82 Å². The molecule has 2 aromatic heterocycles. The van der Waals surface area contributed by atoms with E-state index in [4.69, 9.17) is 20.9 Å². The molecule has 1 aromatic carbocycles. The molecular weight excluding hydrogens is 387 g/mol. The van der Waals surface area contributed by atoms with Crippen molar-refractivity contribution in [3.8, 4) is 6.01 Å². The second-order valence-corrected chi connectivity index (χ2v) is 6.17. The summed E-state index contributed by atoms with van der Waals surface area (Å²) in [4.78, 5) is 13.0. The number of hydrogen-bond donors (Lipinski definition) is 2. The third-order valence-electron chi connectivity index (χ3n) is 3.68. The summed E-state index contributed by atoms with van der Waals surface area (Å²) in [6, 6.07) is 8.30. The Balaban J connectivity index is 1.94. The molecule has 131 valence electrons. The van der Waals surface area contributed by atoms with Crippen LogP contribution in [0.3, 0.4) is 0 Å². The van der Waals surface area contributed by atoms with Crippen LogP contribution in [0.15, 0.2) is 24.3 Å². The molecule has 0 spiro atoms. The van der Waals surface area contributed by atoms with Crippen LogP contribution in [0.1, 0.15) is 11.1 Å². The quantitative estimate of drug-likeness (QED) is 0.410. The number of aromatic nitrogens is 4. The molecule has 0 aliphatic heterocycles. The standard InChI is InChI=1S/C16H19N6O2Se/c1-23-6-7-24-15-20-13(18)12-14(21-15)22(16(25)19-12)9-11-4-2-10(8-17)3-5-11/h2-5H,6-9,17H2,1H3,(H2,18,20,21). The number of rotatable bonds is 7. The van der Waals surface area contributed by atoms with Crippen molar-refractivity contribution in [2.75, 3.05) is 26.1 Å². The molecular formula is C16H19N6O2Se. The first-order valence-electron chi connectivity index (χ1n) is 7.72. The molecule has 1 radical (unpaired) electrons. The van der Waals surface area contributed by atoms with Crippen LogP contribution >= 0.6 is 0 Å². The Labute approximate surface area is 153 Å². The second-order valence-electron chi connectivity index (χ2n) is 5.41. The molecule has 0 bridgehead atoms. The molecule has 2 heterocycles. The van der Waals surface area contributed by atoms with Gasteiger partial charge in [-0.15, -0.1) is 0 Å². The molecule has 0 fully saturated rings. The van der Waals surface area contributed by atoms with Crippen molar-refractivity contribution in [3.05, 3.63) is 35.4 Å². The number of benzene rings is 1. The Morgan fingerprint density at radius 3 is 2.48 bits per heavy atom. The molecule has 0 unspecified atom stereocenters. The maximum absolute atomic E-state index is 6.01. The van der Waals surface area contributed by atoms with Crippen molar-refractivity contribution >= 4 is 37.7 Å². The first kappa shape index (κ1) is 17.6. The van der Waals surface area contributed by atoms with Crippen LogP contribution in [0.25, 0.3) is 11.2 Å². The number of imidazole rings is 1. The summed E-state index contributed by atoms with van der Waals surface area (Å²) in [6.45, 7) is 1.91. The molecule has 0 saturated carbocycles. The topological polar surface area (TPSA) is 114 Å². The Morgan fingerprint density at radius 1 is 1.08 bits per heavy atom. The Hall–Kier alpha value is -2.19. The third kappa shape index (κ3) is 3.91. The zero-order valence-electron chi connectivity index (χ0n) is 13.8. The summed E-state index contributed by atoms with van der Waals surface area (Å²) < 4.78 is 13.1. The van der Waals surface area contributed by atoms with Crippen LogP contribution < -0.4 is 20.9 Å². The van der Waals surface area contributed by atoms with Crippen molar-refractivity contribution in [2.45, 2.75) is 13.1 Å². The van der Waals surface area contributed by atoms with E-state index < -0.39 is 0 Å². The van der Waals surface area contributed by atoms with E-state index in [0.717, 1.165) is 11.1 Å². The number of methoxy groups -OCH3 is 1. The summed E-state index contributed by atoms with van der Waals surface area (Å²) in [7, 11) is 1.60. The number of ether oxygens (including phenoxy) is 2. The van der Waals surface area contributed by atoms with Gasteiger partial charge < -0.3 is 0 Å². The zero-order chi connectivity index (χ0) is 17.8. The summed E-state index contributed by atoms with van der Waals surface area (Å²) >= 11 is 2.95. The summed E-state index contributed by atoms with van der Waals surface area (Å²) in [5.41, 5.74) is 15.0. The van der Waals surface area contributed by atoms with E-state index in [9.17, 15) is 0 Å². The van der Waals surface area contributed by atoms with E-state index in [0.29, 0.717) is 42.2 Å². The predicted molar refractivity (Wildman–Crippen MR) is 95.9 cm³/mol. The monoisotopic (exact) mass is 407 g/mol. The number of nitrogens with zero attached hydrogens (tertiary/aromatic N) is 4. The zero-order valence-corrected chi connectivity index (χ0v) is 15.5. The van der Waals surface area contributed by atoms with Crippen molar-refractivity contribution in [3.63, 3.8) is 0 Å². The number of nitrogens with two attached hydrogens (primary N) is 2. The second kappa shape index (κ2) is 7.79.